The average Bonchev–Trinajstić information content (AvgIpc) is 2.38. The van der Waals surface area contributed by atoms with Gasteiger partial charge in [-0.3, -0.25) is 4.79 Å². The van der Waals surface area contributed by atoms with Crippen LogP contribution in [-0.2, 0) is 4.79 Å². The molecule has 0 radical (unpaired) electrons. The molecule has 4 nitrogen and oxygen atoms in total. The van der Waals surface area contributed by atoms with Gasteiger partial charge in [0.2, 0.25) is 0 Å². The highest BCUT2D eigenvalue weighted by molar-refractivity contribution is 7.98. The quantitative estimate of drug-likeness (QED) is 0.778. The van der Waals surface area contributed by atoms with Crippen molar-refractivity contribution in [1.82, 2.24) is 5.32 Å². The van der Waals surface area contributed by atoms with Crippen LogP contribution in [0.1, 0.15) is 30.1 Å². The standard InChI is InChI=1S/C13H15Cl2NO3S/c1-3-4-10(13(18)19)16-12(17)7-5-11(20-2)9(15)6-8(7)14/h5-6,10H,3-4H2,1-2H3,(H,16,17)(H,18,19). The van der Waals surface area contributed by atoms with E-state index in [9.17, 15) is 9.59 Å². The Labute approximate surface area is 131 Å². The van der Waals surface area contributed by atoms with Crippen molar-refractivity contribution in [3.8, 4) is 0 Å². The van der Waals surface area contributed by atoms with E-state index in [4.69, 9.17) is 28.3 Å². The van der Waals surface area contributed by atoms with Crippen LogP contribution in [-0.4, -0.2) is 29.3 Å². The summed E-state index contributed by atoms with van der Waals surface area (Å²) in [7, 11) is 0. The number of carbonyl (C=O) groups is 2. The van der Waals surface area contributed by atoms with Gasteiger partial charge in [-0.1, -0.05) is 36.5 Å². The van der Waals surface area contributed by atoms with Gasteiger partial charge in [0.15, 0.2) is 0 Å². The van der Waals surface area contributed by atoms with E-state index in [0.717, 1.165) is 0 Å². The molecule has 20 heavy (non-hydrogen) atoms. The summed E-state index contributed by atoms with van der Waals surface area (Å²) in [5.41, 5.74) is 0.225. The average molecular weight is 336 g/mol. The molecule has 0 aromatic heterocycles. The highest BCUT2D eigenvalue weighted by Crippen LogP contribution is 2.31. The summed E-state index contributed by atoms with van der Waals surface area (Å²) in [6.07, 6.45) is 2.84. The number of benzene rings is 1. The van der Waals surface area contributed by atoms with Crippen LogP contribution in [0, 0.1) is 0 Å². The maximum Gasteiger partial charge on any atom is 0.326 e. The second-order valence-corrected chi connectivity index (χ2v) is 5.78. The smallest absolute Gasteiger partial charge is 0.326 e. The number of aliphatic carboxylic acids is 1. The first-order valence-corrected chi connectivity index (χ1v) is 7.95. The SMILES string of the molecule is CCCC(NC(=O)c1cc(SC)c(Cl)cc1Cl)C(=O)O. The molecule has 7 heteroatoms. The first-order chi connectivity index (χ1) is 9.40. The topological polar surface area (TPSA) is 66.4 Å². The molecule has 1 rings (SSSR count). The van der Waals surface area contributed by atoms with Crippen LogP contribution < -0.4 is 5.32 Å². The molecule has 0 aliphatic heterocycles. The summed E-state index contributed by atoms with van der Waals surface area (Å²) >= 11 is 13.4. The number of carbonyl (C=O) groups excluding carboxylic acids is 1. The molecule has 1 aromatic rings. The number of hydrogen-bond acceptors (Lipinski definition) is 3. The van der Waals surface area contributed by atoms with Crippen LogP contribution in [0.2, 0.25) is 10.0 Å². The number of rotatable bonds is 6. The van der Waals surface area contributed by atoms with Crippen molar-refractivity contribution in [2.24, 2.45) is 0 Å². The lowest BCUT2D eigenvalue weighted by atomic mass is 10.1. The van der Waals surface area contributed by atoms with Gasteiger partial charge >= 0.3 is 5.97 Å². The fourth-order valence-electron chi connectivity index (χ4n) is 1.64. The van der Waals surface area contributed by atoms with Gasteiger partial charge in [0.25, 0.3) is 5.91 Å². The third kappa shape index (κ3) is 4.30. The summed E-state index contributed by atoms with van der Waals surface area (Å²) in [5.74, 6) is -1.57. The van der Waals surface area contributed by atoms with Crippen LogP contribution in [0.25, 0.3) is 0 Å². The molecular weight excluding hydrogens is 321 g/mol. The molecule has 2 N–H and O–H groups in total. The van der Waals surface area contributed by atoms with E-state index in [1.165, 1.54) is 17.8 Å². The van der Waals surface area contributed by atoms with Crippen molar-refractivity contribution in [3.05, 3.63) is 27.7 Å². The minimum Gasteiger partial charge on any atom is -0.480 e. The Balaban J connectivity index is 2.99. The molecule has 0 aliphatic rings. The van der Waals surface area contributed by atoms with Crippen LogP contribution >= 0.6 is 35.0 Å². The monoisotopic (exact) mass is 335 g/mol. The molecular formula is C13H15Cl2NO3S. The van der Waals surface area contributed by atoms with Crippen molar-refractivity contribution >= 4 is 46.8 Å². The van der Waals surface area contributed by atoms with Gasteiger partial charge in [-0.05, 0) is 24.8 Å². The molecule has 0 spiro atoms. The minimum atomic E-state index is -1.06. The van der Waals surface area contributed by atoms with E-state index in [1.54, 1.807) is 6.07 Å². The maximum atomic E-state index is 12.1. The summed E-state index contributed by atoms with van der Waals surface area (Å²) < 4.78 is 0. The van der Waals surface area contributed by atoms with Gasteiger partial charge < -0.3 is 10.4 Å². The van der Waals surface area contributed by atoms with Gasteiger partial charge in [-0.25, -0.2) is 4.79 Å². The van der Waals surface area contributed by atoms with Crippen molar-refractivity contribution < 1.29 is 14.7 Å². The van der Waals surface area contributed by atoms with Gasteiger partial charge in [-0.2, -0.15) is 0 Å². The number of nitrogens with one attached hydrogen (secondary N) is 1. The third-order valence-corrected chi connectivity index (χ3v) is 4.18. The fourth-order valence-corrected chi connectivity index (χ4v) is 2.83. The number of carboxylic acid groups (broad SMARTS) is 1. The lowest BCUT2D eigenvalue weighted by molar-refractivity contribution is -0.139. The Morgan fingerprint density at radius 2 is 2.00 bits per heavy atom. The fraction of sp³-hybridized carbons (Fsp3) is 0.385. The van der Waals surface area contributed by atoms with E-state index in [2.05, 4.69) is 5.32 Å². The zero-order valence-corrected chi connectivity index (χ0v) is 13.4. The van der Waals surface area contributed by atoms with Crippen molar-refractivity contribution in [2.45, 2.75) is 30.7 Å². The van der Waals surface area contributed by atoms with E-state index in [-0.39, 0.29) is 10.6 Å². The van der Waals surface area contributed by atoms with Crippen molar-refractivity contribution in [1.29, 1.82) is 0 Å². The van der Waals surface area contributed by atoms with E-state index in [0.29, 0.717) is 22.8 Å². The molecule has 1 amide bonds. The predicted molar refractivity (Wildman–Crippen MR) is 82.0 cm³/mol. The van der Waals surface area contributed by atoms with Crippen molar-refractivity contribution in [2.75, 3.05) is 6.26 Å². The molecule has 110 valence electrons. The lowest BCUT2D eigenvalue weighted by Gasteiger charge is -2.15. The Morgan fingerprint density at radius 3 is 2.50 bits per heavy atom. The van der Waals surface area contributed by atoms with Crippen molar-refractivity contribution in [3.63, 3.8) is 0 Å². The molecule has 1 aromatic carbocycles. The number of hydrogen-bond donors (Lipinski definition) is 2. The summed E-state index contributed by atoms with van der Waals surface area (Å²) in [6.45, 7) is 1.85. The minimum absolute atomic E-state index is 0.200. The van der Waals surface area contributed by atoms with Crippen LogP contribution in [0.4, 0.5) is 0 Å². The Bertz CT molecular complexity index is 523. The largest absolute Gasteiger partial charge is 0.480 e. The van der Waals surface area contributed by atoms with Crippen LogP contribution in [0.5, 0.6) is 0 Å². The lowest BCUT2D eigenvalue weighted by Crippen LogP contribution is -2.40. The second kappa shape index (κ2) is 7.76. The van der Waals surface area contributed by atoms with E-state index < -0.39 is 17.9 Å². The number of halogens is 2. The molecule has 0 aliphatic carbocycles. The third-order valence-electron chi connectivity index (χ3n) is 2.67. The Morgan fingerprint density at radius 1 is 1.35 bits per heavy atom. The first-order valence-electron chi connectivity index (χ1n) is 5.97. The highest BCUT2D eigenvalue weighted by Gasteiger charge is 2.21. The van der Waals surface area contributed by atoms with E-state index >= 15 is 0 Å². The highest BCUT2D eigenvalue weighted by atomic mass is 35.5. The number of amides is 1. The van der Waals surface area contributed by atoms with Crippen LogP contribution in [0.3, 0.4) is 0 Å². The number of thioether (sulfide) groups is 1. The molecule has 0 saturated carbocycles. The zero-order valence-electron chi connectivity index (χ0n) is 11.1. The second-order valence-electron chi connectivity index (χ2n) is 4.12. The Kier molecular flexibility index (Phi) is 6.65. The summed E-state index contributed by atoms with van der Waals surface area (Å²) in [4.78, 5) is 23.9. The normalized spacial score (nSPS) is 12.0. The molecule has 0 fully saturated rings. The Hall–Kier alpha value is -0.910. The van der Waals surface area contributed by atoms with Gasteiger partial charge in [0.05, 0.1) is 15.6 Å². The predicted octanol–water partition coefficient (Wildman–Crippen LogP) is 3.70. The van der Waals surface area contributed by atoms with Gasteiger partial charge in [0.1, 0.15) is 6.04 Å². The van der Waals surface area contributed by atoms with Gasteiger partial charge in [-0.15, -0.1) is 11.8 Å². The summed E-state index contributed by atoms with van der Waals surface area (Å²) in [5, 5.41) is 12.2. The van der Waals surface area contributed by atoms with Crippen LogP contribution in [0.15, 0.2) is 17.0 Å². The molecule has 1 unspecified atom stereocenters. The molecule has 0 saturated heterocycles. The number of carboxylic acids is 1. The van der Waals surface area contributed by atoms with E-state index in [1.807, 2.05) is 13.2 Å². The zero-order chi connectivity index (χ0) is 15.3. The van der Waals surface area contributed by atoms with Gasteiger partial charge in [0, 0.05) is 4.90 Å². The molecule has 1 atom stereocenters. The molecule has 0 bridgehead atoms. The first kappa shape index (κ1) is 17.1. The maximum absolute atomic E-state index is 12.1. The molecule has 0 heterocycles. The summed E-state index contributed by atoms with van der Waals surface area (Å²) in [6, 6.07) is 2.13.